The van der Waals surface area contributed by atoms with Crippen LogP contribution in [0.1, 0.15) is 39.0 Å². The Morgan fingerprint density at radius 3 is 2.55 bits per heavy atom. The van der Waals surface area contributed by atoms with Gasteiger partial charge in [0.2, 0.25) is 5.91 Å². The molecule has 0 aromatic heterocycles. The highest BCUT2D eigenvalue weighted by Crippen LogP contribution is 2.15. The van der Waals surface area contributed by atoms with Crippen LogP contribution in [0, 0.1) is 0 Å². The fourth-order valence-corrected chi connectivity index (χ4v) is 1.94. The predicted octanol–water partition coefficient (Wildman–Crippen LogP) is 4.15. The van der Waals surface area contributed by atoms with Gasteiger partial charge in [-0.25, -0.2) is 0 Å². The molecule has 0 aliphatic carbocycles. The van der Waals surface area contributed by atoms with E-state index in [-0.39, 0.29) is 5.91 Å². The van der Waals surface area contributed by atoms with E-state index in [1.807, 2.05) is 36.2 Å². The molecule has 112 valence electrons. The molecule has 1 rings (SSSR count). The van der Waals surface area contributed by atoms with E-state index < -0.39 is 0 Å². The van der Waals surface area contributed by atoms with Crippen LogP contribution in [0.25, 0.3) is 0 Å². The molecular weight excluding hydrogens is 274 g/mol. The van der Waals surface area contributed by atoms with Crippen LogP contribution in [0.15, 0.2) is 24.3 Å². The van der Waals surface area contributed by atoms with Crippen LogP contribution < -0.4 is 4.74 Å². The SMILES string of the molecule is CCCCC(=O)N(C)CCCCOc1ccc(Cl)cc1. The quantitative estimate of drug-likeness (QED) is 0.641. The van der Waals surface area contributed by atoms with Gasteiger partial charge >= 0.3 is 0 Å². The summed E-state index contributed by atoms with van der Waals surface area (Å²) in [6.07, 6.45) is 4.60. The van der Waals surface area contributed by atoms with Gasteiger partial charge in [-0.15, -0.1) is 0 Å². The molecule has 0 spiro atoms. The van der Waals surface area contributed by atoms with Gasteiger partial charge in [0.1, 0.15) is 5.75 Å². The molecule has 0 saturated heterocycles. The van der Waals surface area contributed by atoms with Crippen molar-refractivity contribution in [1.82, 2.24) is 4.90 Å². The summed E-state index contributed by atoms with van der Waals surface area (Å²) in [6, 6.07) is 7.36. The number of hydrogen-bond acceptors (Lipinski definition) is 2. The number of ether oxygens (including phenoxy) is 1. The minimum Gasteiger partial charge on any atom is -0.494 e. The van der Waals surface area contributed by atoms with Gasteiger partial charge in [0.25, 0.3) is 0 Å². The minimum absolute atomic E-state index is 0.241. The number of halogens is 1. The van der Waals surface area contributed by atoms with Crippen molar-refractivity contribution in [3.63, 3.8) is 0 Å². The zero-order valence-corrected chi connectivity index (χ0v) is 13.2. The molecule has 0 unspecified atom stereocenters. The molecular formula is C16H24ClNO2. The molecule has 0 radical (unpaired) electrons. The lowest BCUT2D eigenvalue weighted by Gasteiger charge is -2.17. The average Bonchev–Trinajstić information content (AvgIpc) is 2.46. The summed E-state index contributed by atoms with van der Waals surface area (Å²) in [6.45, 7) is 3.56. The Hall–Kier alpha value is -1.22. The van der Waals surface area contributed by atoms with Crippen LogP contribution >= 0.6 is 11.6 Å². The van der Waals surface area contributed by atoms with Crippen LogP contribution in [0.2, 0.25) is 5.02 Å². The lowest BCUT2D eigenvalue weighted by Crippen LogP contribution is -2.27. The zero-order chi connectivity index (χ0) is 14.8. The lowest BCUT2D eigenvalue weighted by atomic mass is 10.2. The Labute approximate surface area is 126 Å². The number of unbranched alkanes of at least 4 members (excludes halogenated alkanes) is 2. The first-order valence-electron chi connectivity index (χ1n) is 7.25. The van der Waals surface area contributed by atoms with Crippen molar-refractivity contribution in [2.45, 2.75) is 39.0 Å². The van der Waals surface area contributed by atoms with Crippen LogP contribution in [0.5, 0.6) is 5.75 Å². The minimum atomic E-state index is 0.241. The van der Waals surface area contributed by atoms with Gasteiger partial charge in [-0.2, -0.15) is 0 Å². The summed E-state index contributed by atoms with van der Waals surface area (Å²) in [5, 5.41) is 0.713. The van der Waals surface area contributed by atoms with Gasteiger partial charge in [0.05, 0.1) is 6.61 Å². The van der Waals surface area contributed by atoms with Gasteiger partial charge in [-0.05, 0) is 43.5 Å². The second kappa shape index (κ2) is 9.65. The molecule has 20 heavy (non-hydrogen) atoms. The first kappa shape index (κ1) is 16.8. The largest absolute Gasteiger partial charge is 0.494 e. The molecule has 0 fully saturated rings. The van der Waals surface area contributed by atoms with Crippen LogP contribution in [0.3, 0.4) is 0 Å². The Balaban J connectivity index is 2.09. The Bertz CT molecular complexity index is 392. The monoisotopic (exact) mass is 297 g/mol. The number of hydrogen-bond donors (Lipinski definition) is 0. The van der Waals surface area contributed by atoms with Crippen molar-refractivity contribution < 1.29 is 9.53 Å². The van der Waals surface area contributed by atoms with E-state index in [2.05, 4.69) is 6.92 Å². The maximum Gasteiger partial charge on any atom is 0.222 e. The summed E-state index contributed by atoms with van der Waals surface area (Å²) < 4.78 is 5.61. The zero-order valence-electron chi connectivity index (χ0n) is 12.4. The second-order valence-corrected chi connectivity index (χ2v) is 5.36. The van der Waals surface area contributed by atoms with Gasteiger partial charge in [-0.1, -0.05) is 24.9 Å². The van der Waals surface area contributed by atoms with E-state index in [0.717, 1.165) is 38.0 Å². The summed E-state index contributed by atoms with van der Waals surface area (Å²) in [5.41, 5.74) is 0. The molecule has 0 saturated carbocycles. The molecule has 1 amide bonds. The fraction of sp³-hybridized carbons (Fsp3) is 0.562. The third-order valence-electron chi connectivity index (χ3n) is 3.14. The van der Waals surface area contributed by atoms with Gasteiger partial charge < -0.3 is 9.64 Å². The molecule has 4 heteroatoms. The average molecular weight is 298 g/mol. The maximum atomic E-state index is 11.7. The second-order valence-electron chi connectivity index (χ2n) is 4.93. The van der Waals surface area contributed by atoms with Crippen molar-refractivity contribution in [2.75, 3.05) is 20.2 Å². The molecule has 3 nitrogen and oxygen atoms in total. The lowest BCUT2D eigenvalue weighted by molar-refractivity contribution is -0.130. The van der Waals surface area contributed by atoms with E-state index in [9.17, 15) is 4.79 Å². The van der Waals surface area contributed by atoms with E-state index >= 15 is 0 Å². The van der Waals surface area contributed by atoms with Crippen molar-refractivity contribution in [3.8, 4) is 5.75 Å². The molecule has 1 aromatic rings. The number of carbonyl (C=O) groups excluding carboxylic acids is 1. The normalized spacial score (nSPS) is 10.3. The van der Waals surface area contributed by atoms with E-state index in [1.54, 1.807) is 0 Å². The Morgan fingerprint density at radius 2 is 1.90 bits per heavy atom. The highest BCUT2D eigenvalue weighted by atomic mass is 35.5. The van der Waals surface area contributed by atoms with E-state index in [0.29, 0.717) is 18.1 Å². The number of benzene rings is 1. The van der Waals surface area contributed by atoms with Crippen molar-refractivity contribution >= 4 is 17.5 Å². The van der Waals surface area contributed by atoms with E-state index in [1.165, 1.54) is 0 Å². The maximum absolute atomic E-state index is 11.7. The summed E-state index contributed by atoms with van der Waals surface area (Å²) >= 11 is 5.80. The number of rotatable bonds is 9. The number of nitrogens with zero attached hydrogens (tertiary/aromatic N) is 1. The molecule has 0 aliphatic heterocycles. The first-order valence-corrected chi connectivity index (χ1v) is 7.63. The summed E-state index contributed by atoms with van der Waals surface area (Å²) in [7, 11) is 1.87. The van der Waals surface area contributed by atoms with Gasteiger partial charge in [0.15, 0.2) is 0 Å². The third-order valence-corrected chi connectivity index (χ3v) is 3.39. The highest BCUT2D eigenvalue weighted by molar-refractivity contribution is 6.30. The molecule has 0 heterocycles. The highest BCUT2D eigenvalue weighted by Gasteiger charge is 2.06. The Kier molecular flexibility index (Phi) is 8.12. The topological polar surface area (TPSA) is 29.5 Å². The van der Waals surface area contributed by atoms with Crippen LogP contribution in [-0.4, -0.2) is 31.0 Å². The summed E-state index contributed by atoms with van der Waals surface area (Å²) in [4.78, 5) is 13.5. The van der Waals surface area contributed by atoms with Crippen molar-refractivity contribution in [3.05, 3.63) is 29.3 Å². The van der Waals surface area contributed by atoms with E-state index in [4.69, 9.17) is 16.3 Å². The molecule has 0 N–H and O–H groups in total. The van der Waals surface area contributed by atoms with Crippen LogP contribution in [-0.2, 0) is 4.79 Å². The molecule has 1 aromatic carbocycles. The third kappa shape index (κ3) is 6.80. The molecule has 0 bridgehead atoms. The van der Waals surface area contributed by atoms with Crippen molar-refractivity contribution in [2.24, 2.45) is 0 Å². The molecule has 0 atom stereocenters. The first-order chi connectivity index (χ1) is 9.63. The predicted molar refractivity (Wildman–Crippen MR) is 83.3 cm³/mol. The smallest absolute Gasteiger partial charge is 0.222 e. The fourth-order valence-electron chi connectivity index (χ4n) is 1.82. The number of amides is 1. The van der Waals surface area contributed by atoms with Crippen LogP contribution in [0.4, 0.5) is 0 Å². The number of carbonyl (C=O) groups is 1. The van der Waals surface area contributed by atoms with Gasteiger partial charge in [-0.3, -0.25) is 4.79 Å². The molecule has 0 aliphatic rings. The Morgan fingerprint density at radius 1 is 1.20 bits per heavy atom. The summed E-state index contributed by atoms with van der Waals surface area (Å²) in [5.74, 6) is 1.08. The standard InChI is InChI=1S/C16H24ClNO2/c1-3-4-7-16(19)18(2)12-5-6-13-20-15-10-8-14(17)9-11-15/h8-11H,3-7,12-13H2,1-2H3. The van der Waals surface area contributed by atoms with Gasteiger partial charge in [0, 0.05) is 25.0 Å². The van der Waals surface area contributed by atoms with Crippen molar-refractivity contribution in [1.29, 1.82) is 0 Å².